The van der Waals surface area contributed by atoms with Gasteiger partial charge in [-0.2, -0.15) is 10.1 Å². The third-order valence-electron chi connectivity index (χ3n) is 2.42. The van der Waals surface area contributed by atoms with Gasteiger partial charge in [-0.25, -0.2) is 0 Å². The Labute approximate surface area is 104 Å². The van der Waals surface area contributed by atoms with E-state index in [2.05, 4.69) is 36.3 Å². The molecule has 3 N–H and O–H groups in total. The highest BCUT2D eigenvalue weighted by atomic mass is 79.9. The Morgan fingerprint density at radius 3 is 3.06 bits per heavy atom. The number of nitrogens with zero attached hydrogens (tertiary/aromatic N) is 3. The summed E-state index contributed by atoms with van der Waals surface area (Å²) in [5.74, 6) is 0.904. The molecule has 0 atom stereocenters. The van der Waals surface area contributed by atoms with Gasteiger partial charge in [-0.15, -0.1) is 0 Å². The normalized spacial score (nSPS) is 11.2. The van der Waals surface area contributed by atoms with Crippen LogP contribution in [0.4, 0.5) is 0 Å². The highest BCUT2D eigenvalue weighted by Crippen LogP contribution is 2.28. The molecule has 2 aromatic heterocycles. The highest BCUT2D eigenvalue weighted by molar-refractivity contribution is 9.10. The highest BCUT2D eigenvalue weighted by Gasteiger charge is 2.13. The molecule has 0 aliphatic carbocycles. The van der Waals surface area contributed by atoms with Crippen LogP contribution in [0.3, 0.4) is 0 Å². The lowest BCUT2D eigenvalue weighted by atomic mass is 10.1. The van der Waals surface area contributed by atoms with Crippen molar-refractivity contribution in [2.75, 3.05) is 0 Å². The van der Waals surface area contributed by atoms with Crippen LogP contribution >= 0.6 is 15.9 Å². The maximum atomic E-state index is 5.43. The summed E-state index contributed by atoms with van der Waals surface area (Å²) >= 11 is 3.39. The molecule has 0 fully saturated rings. The van der Waals surface area contributed by atoms with Crippen molar-refractivity contribution in [3.05, 3.63) is 28.7 Å². The summed E-state index contributed by atoms with van der Waals surface area (Å²) in [6.07, 6.45) is 0. The fraction of sp³-hybridized carbons (Fsp3) is 0.100. The number of nitrogens with two attached hydrogens (primary N) is 1. The molecule has 0 saturated carbocycles. The third kappa shape index (κ3) is 1.63. The second kappa shape index (κ2) is 3.94. The fourth-order valence-electron chi connectivity index (χ4n) is 1.63. The third-order valence-corrected chi connectivity index (χ3v) is 3.03. The van der Waals surface area contributed by atoms with Gasteiger partial charge in [0.1, 0.15) is 10.1 Å². The zero-order valence-electron chi connectivity index (χ0n) is 8.64. The number of H-pyrrole nitrogens is 1. The van der Waals surface area contributed by atoms with Crippen molar-refractivity contribution in [1.82, 2.24) is 20.3 Å². The van der Waals surface area contributed by atoms with E-state index in [1.165, 1.54) is 0 Å². The quantitative estimate of drug-likeness (QED) is 0.752. The van der Waals surface area contributed by atoms with Gasteiger partial charge in [0.25, 0.3) is 0 Å². The van der Waals surface area contributed by atoms with Crippen LogP contribution < -0.4 is 5.73 Å². The van der Waals surface area contributed by atoms with Crippen LogP contribution in [0.15, 0.2) is 27.3 Å². The van der Waals surface area contributed by atoms with Crippen molar-refractivity contribution in [1.29, 1.82) is 0 Å². The predicted octanol–water partition coefficient (Wildman–Crippen LogP) is 1.83. The molecule has 0 bridgehead atoms. The Hall–Kier alpha value is -1.73. The Balaban J connectivity index is 2.23. The number of rotatable bonds is 2. The minimum Gasteiger partial charge on any atom is -0.338 e. The summed E-state index contributed by atoms with van der Waals surface area (Å²) in [6, 6.07) is 5.76. The van der Waals surface area contributed by atoms with E-state index in [0.717, 1.165) is 21.1 Å². The first-order valence-electron chi connectivity index (χ1n) is 4.95. The molecule has 7 heteroatoms. The Morgan fingerprint density at radius 2 is 2.29 bits per heavy atom. The Morgan fingerprint density at radius 1 is 1.41 bits per heavy atom. The molecule has 17 heavy (non-hydrogen) atoms. The summed E-state index contributed by atoms with van der Waals surface area (Å²) in [4.78, 5) is 4.19. The van der Waals surface area contributed by atoms with Crippen LogP contribution in [-0.4, -0.2) is 20.3 Å². The number of nitrogens with one attached hydrogen (secondary N) is 1. The lowest BCUT2D eigenvalue weighted by Gasteiger charge is -1.95. The average Bonchev–Trinajstić information content (AvgIpc) is 2.96. The zero-order chi connectivity index (χ0) is 11.8. The molecule has 0 radical (unpaired) electrons. The van der Waals surface area contributed by atoms with E-state index in [1.807, 2.05) is 18.2 Å². The van der Waals surface area contributed by atoms with E-state index in [0.29, 0.717) is 11.7 Å². The Kier molecular flexibility index (Phi) is 2.41. The molecular weight excluding hydrogens is 286 g/mol. The molecule has 0 amide bonds. The topological polar surface area (TPSA) is 93.6 Å². The van der Waals surface area contributed by atoms with E-state index >= 15 is 0 Å². The second-order valence-corrected chi connectivity index (χ2v) is 4.25. The van der Waals surface area contributed by atoms with Crippen molar-refractivity contribution in [3.63, 3.8) is 0 Å². The van der Waals surface area contributed by atoms with Crippen molar-refractivity contribution in [2.45, 2.75) is 6.54 Å². The first-order valence-corrected chi connectivity index (χ1v) is 5.74. The van der Waals surface area contributed by atoms with Gasteiger partial charge in [0.2, 0.25) is 11.7 Å². The van der Waals surface area contributed by atoms with Gasteiger partial charge in [0.15, 0.2) is 0 Å². The lowest BCUT2D eigenvalue weighted by molar-refractivity contribution is 0.380. The molecule has 0 spiro atoms. The number of hydrogen-bond donors (Lipinski definition) is 2. The summed E-state index contributed by atoms with van der Waals surface area (Å²) in [5.41, 5.74) is 7.04. The van der Waals surface area contributed by atoms with Gasteiger partial charge in [0.05, 0.1) is 12.1 Å². The molecule has 86 valence electrons. The van der Waals surface area contributed by atoms with Gasteiger partial charge in [0, 0.05) is 5.39 Å². The van der Waals surface area contributed by atoms with Crippen LogP contribution in [0.1, 0.15) is 5.89 Å². The molecule has 0 saturated heterocycles. The molecule has 0 aliphatic heterocycles. The number of hydrogen-bond acceptors (Lipinski definition) is 5. The van der Waals surface area contributed by atoms with Crippen molar-refractivity contribution >= 4 is 26.8 Å². The predicted molar refractivity (Wildman–Crippen MR) is 65.0 cm³/mol. The largest absolute Gasteiger partial charge is 0.338 e. The van der Waals surface area contributed by atoms with Crippen LogP contribution in [0, 0.1) is 0 Å². The monoisotopic (exact) mass is 293 g/mol. The average molecular weight is 294 g/mol. The second-order valence-electron chi connectivity index (χ2n) is 3.46. The molecule has 3 aromatic rings. The van der Waals surface area contributed by atoms with Crippen LogP contribution in [0.5, 0.6) is 0 Å². The molecule has 0 unspecified atom stereocenters. The van der Waals surface area contributed by atoms with Gasteiger partial charge in [-0.05, 0) is 28.1 Å². The van der Waals surface area contributed by atoms with Crippen LogP contribution in [-0.2, 0) is 6.54 Å². The minimum atomic E-state index is 0.229. The van der Waals surface area contributed by atoms with E-state index in [-0.39, 0.29) is 6.54 Å². The fourth-order valence-corrected chi connectivity index (χ4v) is 2.04. The maximum absolute atomic E-state index is 5.43. The molecule has 2 heterocycles. The van der Waals surface area contributed by atoms with Crippen LogP contribution in [0.25, 0.3) is 22.3 Å². The minimum absolute atomic E-state index is 0.229. The van der Waals surface area contributed by atoms with E-state index in [1.54, 1.807) is 0 Å². The zero-order valence-corrected chi connectivity index (χ0v) is 10.2. The Bertz CT molecular complexity index is 674. The number of benzene rings is 1. The summed E-state index contributed by atoms with van der Waals surface area (Å²) in [6.45, 7) is 0.229. The SMILES string of the molecule is NCc1nc(-c2cccc3c(Br)[nH]nc23)no1. The first-order chi connectivity index (χ1) is 8.29. The number of aromatic amines is 1. The van der Waals surface area contributed by atoms with E-state index in [4.69, 9.17) is 10.3 Å². The van der Waals surface area contributed by atoms with Gasteiger partial charge >= 0.3 is 0 Å². The molecule has 6 nitrogen and oxygen atoms in total. The summed E-state index contributed by atoms with van der Waals surface area (Å²) < 4.78 is 5.82. The van der Waals surface area contributed by atoms with Gasteiger partial charge < -0.3 is 10.3 Å². The lowest BCUT2D eigenvalue weighted by Crippen LogP contribution is -1.95. The van der Waals surface area contributed by atoms with Gasteiger partial charge in [-0.3, -0.25) is 5.10 Å². The van der Waals surface area contributed by atoms with Crippen molar-refractivity contribution in [2.24, 2.45) is 5.73 Å². The number of halogens is 1. The number of fused-ring (bicyclic) bond motifs is 1. The number of para-hydroxylation sites is 1. The van der Waals surface area contributed by atoms with Crippen molar-refractivity contribution < 1.29 is 4.52 Å². The van der Waals surface area contributed by atoms with E-state index in [9.17, 15) is 0 Å². The summed E-state index contributed by atoms with van der Waals surface area (Å²) in [7, 11) is 0. The molecular formula is C10H8BrN5O. The number of aromatic nitrogens is 4. The van der Waals surface area contributed by atoms with Crippen molar-refractivity contribution in [3.8, 4) is 11.4 Å². The van der Waals surface area contributed by atoms with Crippen LogP contribution in [0.2, 0.25) is 0 Å². The molecule has 3 rings (SSSR count). The standard InChI is InChI=1S/C10H8BrN5O/c11-9-5-2-1-3-6(8(5)14-15-9)10-13-7(4-12)17-16-10/h1-3H,4,12H2,(H,14,15). The van der Waals surface area contributed by atoms with Gasteiger partial charge in [-0.1, -0.05) is 11.2 Å². The first kappa shape index (κ1) is 10.4. The summed E-state index contributed by atoms with van der Waals surface area (Å²) in [5, 5.41) is 11.9. The maximum Gasteiger partial charge on any atom is 0.240 e. The van der Waals surface area contributed by atoms with E-state index < -0.39 is 0 Å². The smallest absolute Gasteiger partial charge is 0.240 e. The molecule has 0 aliphatic rings. The molecule has 1 aromatic carbocycles.